The first-order valence-electron chi connectivity index (χ1n) is 4.10. The van der Waals surface area contributed by atoms with E-state index in [9.17, 15) is 14.4 Å². The van der Waals surface area contributed by atoms with Gasteiger partial charge in [-0.15, -0.1) is 0 Å². The molecule has 0 aliphatic heterocycles. The first-order valence-corrected chi connectivity index (χ1v) is 4.10. The summed E-state index contributed by atoms with van der Waals surface area (Å²) >= 11 is 0. The van der Waals surface area contributed by atoms with Crippen LogP contribution >= 0.6 is 0 Å². The van der Waals surface area contributed by atoms with Crippen molar-refractivity contribution < 1.29 is 29.0 Å². The number of hydrogen-bond donors (Lipinski definition) is 1. The van der Waals surface area contributed by atoms with Crippen LogP contribution in [0.3, 0.4) is 0 Å². The van der Waals surface area contributed by atoms with Crippen LogP contribution in [0.15, 0.2) is 12.2 Å². The summed E-state index contributed by atoms with van der Waals surface area (Å²) in [4.78, 5) is 31.3. The predicted octanol–water partition coefficient (Wildman–Crippen LogP) is -0.791. The Bertz CT molecular complexity index is 270. The predicted molar refractivity (Wildman–Crippen MR) is 48.8 cm³/mol. The second kappa shape index (κ2) is 6.72. The number of rotatable bonds is 6. The molecule has 0 fully saturated rings. The Balaban J connectivity index is 4.00. The fourth-order valence-electron chi connectivity index (χ4n) is 0.608. The Labute approximate surface area is 86.5 Å². The van der Waals surface area contributed by atoms with Gasteiger partial charge in [0.15, 0.2) is 6.10 Å². The molecule has 0 radical (unpaired) electrons. The van der Waals surface area contributed by atoms with E-state index in [0.717, 1.165) is 0 Å². The topological polar surface area (TPSA) is 89.9 Å². The molecular formula is C9H12O6. The summed E-state index contributed by atoms with van der Waals surface area (Å²) in [5.74, 6) is -1.78. The van der Waals surface area contributed by atoms with E-state index < -0.39 is 24.6 Å². The van der Waals surface area contributed by atoms with Crippen LogP contribution < -0.4 is 0 Å². The smallest absolute Gasteiger partial charge is 0.371 e. The van der Waals surface area contributed by atoms with Crippen LogP contribution in [-0.2, 0) is 23.9 Å². The zero-order valence-electron chi connectivity index (χ0n) is 8.26. The first-order chi connectivity index (χ1) is 7.01. The van der Waals surface area contributed by atoms with Crippen LogP contribution in [0.4, 0.5) is 0 Å². The second-order valence-electron chi connectivity index (χ2n) is 2.74. The molecule has 1 unspecified atom stereocenters. The average Bonchev–Trinajstić information content (AvgIpc) is 2.22. The van der Waals surface area contributed by atoms with Gasteiger partial charge in [0.1, 0.15) is 6.61 Å². The molecule has 0 heterocycles. The molecule has 0 saturated carbocycles. The third-order valence-corrected chi connectivity index (χ3v) is 1.33. The number of aldehydes is 1. The summed E-state index contributed by atoms with van der Waals surface area (Å²) in [7, 11) is 0. The van der Waals surface area contributed by atoms with Crippen LogP contribution in [0.5, 0.6) is 0 Å². The Kier molecular flexibility index (Phi) is 5.96. The molecule has 0 aliphatic rings. The molecule has 15 heavy (non-hydrogen) atoms. The van der Waals surface area contributed by atoms with Crippen molar-refractivity contribution in [2.24, 2.45) is 0 Å². The van der Waals surface area contributed by atoms with E-state index in [4.69, 9.17) is 5.11 Å². The van der Waals surface area contributed by atoms with Gasteiger partial charge in [-0.05, 0) is 6.92 Å². The Hall–Kier alpha value is -1.69. The highest BCUT2D eigenvalue weighted by molar-refractivity contribution is 6.20. The Morgan fingerprint density at radius 3 is 2.53 bits per heavy atom. The van der Waals surface area contributed by atoms with E-state index in [2.05, 4.69) is 16.1 Å². The summed E-state index contributed by atoms with van der Waals surface area (Å²) in [6.45, 7) is 3.93. The van der Waals surface area contributed by atoms with Crippen LogP contribution in [0.2, 0.25) is 0 Å². The van der Waals surface area contributed by atoms with Gasteiger partial charge >= 0.3 is 11.9 Å². The second-order valence-corrected chi connectivity index (χ2v) is 2.74. The lowest BCUT2D eigenvalue weighted by atomic mass is 10.3. The standard InChI is InChI=1S/C9H12O6/c1-6(2)9(13)14-5-7(3-10)15-8(12)4-11/h4,7,10H,1,3,5H2,2H3. The highest BCUT2D eigenvalue weighted by Crippen LogP contribution is 1.97. The third kappa shape index (κ3) is 5.58. The van der Waals surface area contributed by atoms with E-state index in [1.54, 1.807) is 0 Å². The van der Waals surface area contributed by atoms with Crippen molar-refractivity contribution in [2.45, 2.75) is 13.0 Å². The zero-order chi connectivity index (χ0) is 11.8. The molecule has 0 saturated heterocycles. The Morgan fingerprint density at radius 2 is 2.13 bits per heavy atom. The molecule has 84 valence electrons. The van der Waals surface area contributed by atoms with E-state index in [-0.39, 0.29) is 18.5 Å². The number of ether oxygens (including phenoxy) is 2. The Morgan fingerprint density at radius 1 is 1.53 bits per heavy atom. The molecule has 1 N–H and O–H groups in total. The summed E-state index contributed by atoms with van der Waals surface area (Å²) in [6, 6.07) is 0. The van der Waals surface area contributed by atoms with Crippen molar-refractivity contribution in [3.63, 3.8) is 0 Å². The van der Waals surface area contributed by atoms with Gasteiger partial charge in [0.2, 0.25) is 6.29 Å². The van der Waals surface area contributed by atoms with E-state index >= 15 is 0 Å². The third-order valence-electron chi connectivity index (χ3n) is 1.33. The summed E-state index contributed by atoms with van der Waals surface area (Å²) in [5.41, 5.74) is 0.188. The van der Waals surface area contributed by atoms with Gasteiger partial charge in [-0.2, -0.15) is 0 Å². The van der Waals surface area contributed by atoms with Crippen molar-refractivity contribution in [2.75, 3.05) is 13.2 Å². The minimum Gasteiger partial charge on any atom is -0.458 e. The normalized spacial score (nSPS) is 11.3. The number of esters is 2. The molecule has 0 bridgehead atoms. The van der Waals surface area contributed by atoms with E-state index in [1.165, 1.54) is 6.92 Å². The molecule has 6 nitrogen and oxygen atoms in total. The van der Waals surface area contributed by atoms with Crippen molar-refractivity contribution in [1.29, 1.82) is 0 Å². The SMILES string of the molecule is C=C(C)C(=O)OCC(CO)OC(=O)C=O. The number of carbonyl (C=O) groups is 3. The average molecular weight is 216 g/mol. The number of aliphatic hydroxyl groups is 1. The minimum atomic E-state index is -1.12. The van der Waals surface area contributed by atoms with Crippen LogP contribution in [0.1, 0.15) is 6.92 Å². The highest BCUT2D eigenvalue weighted by atomic mass is 16.6. The van der Waals surface area contributed by atoms with Crippen molar-refractivity contribution >= 4 is 18.2 Å². The molecule has 0 rings (SSSR count). The van der Waals surface area contributed by atoms with Crippen LogP contribution in [0, 0.1) is 0 Å². The highest BCUT2D eigenvalue weighted by Gasteiger charge is 2.15. The lowest BCUT2D eigenvalue weighted by molar-refractivity contribution is -0.161. The molecule has 0 amide bonds. The lowest BCUT2D eigenvalue weighted by Crippen LogP contribution is -2.29. The quantitative estimate of drug-likeness (QED) is 0.271. The van der Waals surface area contributed by atoms with Crippen molar-refractivity contribution in [3.8, 4) is 0 Å². The van der Waals surface area contributed by atoms with Crippen molar-refractivity contribution in [3.05, 3.63) is 12.2 Å². The van der Waals surface area contributed by atoms with E-state index in [0.29, 0.717) is 0 Å². The molecule has 0 aromatic carbocycles. The lowest BCUT2D eigenvalue weighted by Gasteiger charge is -2.13. The molecule has 0 aromatic rings. The zero-order valence-corrected chi connectivity index (χ0v) is 8.26. The van der Waals surface area contributed by atoms with Gasteiger partial charge in [-0.3, -0.25) is 4.79 Å². The minimum absolute atomic E-state index is 0.0385. The fraction of sp³-hybridized carbons (Fsp3) is 0.444. The van der Waals surface area contributed by atoms with Crippen molar-refractivity contribution in [1.82, 2.24) is 0 Å². The first kappa shape index (κ1) is 13.3. The summed E-state index contributed by atoms with van der Waals surface area (Å²) in [6.07, 6.45) is -1.07. The fourth-order valence-corrected chi connectivity index (χ4v) is 0.608. The maximum Gasteiger partial charge on any atom is 0.371 e. The molecular weight excluding hydrogens is 204 g/mol. The van der Waals surface area contributed by atoms with Gasteiger partial charge in [0.05, 0.1) is 6.61 Å². The number of hydrogen-bond acceptors (Lipinski definition) is 6. The van der Waals surface area contributed by atoms with Gasteiger partial charge in [-0.1, -0.05) is 6.58 Å². The van der Waals surface area contributed by atoms with Gasteiger partial charge < -0.3 is 14.6 Å². The number of aliphatic hydroxyl groups excluding tert-OH is 1. The van der Waals surface area contributed by atoms with Gasteiger partial charge in [-0.25, -0.2) is 9.59 Å². The van der Waals surface area contributed by atoms with E-state index in [1.807, 2.05) is 0 Å². The van der Waals surface area contributed by atoms with Crippen LogP contribution in [0.25, 0.3) is 0 Å². The van der Waals surface area contributed by atoms with Gasteiger partial charge in [0, 0.05) is 5.57 Å². The monoisotopic (exact) mass is 216 g/mol. The maximum absolute atomic E-state index is 10.9. The molecule has 6 heteroatoms. The van der Waals surface area contributed by atoms with Gasteiger partial charge in [0.25, 0.3) is 0 Å². The number of carbonyl (C=O) groups excluding carboxylic acids is 3. The summed E-state index contributed by atoms with van der Waals surface area (Å²) in [5, 5.41) is 8.72. The molecule has 0 spiro atoms. The maximum atomic E-state index is 10.9. The largest absolute Gasteiger partial charge is 0.458 e. The summed E-state index contributed by atoms with van der Waals surface area (Å²) < 4.78 is 9.03. The molecule has 0 aromatic heterocycles. The molecule has 0 aliphatic carbocycles. The van der Waals surface area contributed by atoms with Crippen LogP contribution in [-0.4, -0.2) is 42.6 Å². The molecule has 1 atom stereocenters.